The van der Waals surface area contributed by atoms with Crippen LogP contribution in [-0.2, 0) is 14.3 Å². The van der Waals surface area contributed by atoms with Gasteiger partial charge in [-0.15, -0.1) is 0 Å². The number of esters is 1. The number of carbonyl (C=O) groups excluding carboxylic acids is 2. The fourth-order valence-electron chi connectivity index (χ4n) is 11.3. The van der Waals surface area contributed by atoms with Crippen molar-refractivity contribution in [1.82, 2.24) is 5.32 Å². The molecule has 0 saturated carbocycles. The monoisotopic (exact) mass is 1100 g/mol. The summed E-state index contributed by atoms with van der Waals surface area (Å²) in [6.45, 7) is 4.96. The molecule has 0 heterocycles. The number of aliphatic hydroxyl groups is 2. The van der Waals surface area contributed by atoms with Gasteiger partial charge in [0.05, 0.1) is 25.4 Å². The number of amides is 1. The summed E-state index contributed by atoms with van der Waals surface area (Å²) in [4.78, 5) is 24.6. The molecule has 2 unspecified atom stereocenters. The highest BCUT2D eigenvalue weighted by atomic mass is 16.5. The first kappa shape index (κ1) is 76.3. The summed E-state index contributed by atoms with van der Waals surface area (Å²) in [5, 5.41) is 23.3. The highest BCUT2D eigenvalue weighted by Crippen LogP contribution is 2.19. The number of carbonyl (C=O) groups is 2. The Bertz CT molecular complexity index is 1220. The average Bonchev–Trinajstić information content (AvgIpc) is 3.44. The molecule has 0 aliphatic heterocycles. The van der Waals surface area contributed by atoms with E-state index in [0.29, 0.717) is 25.9 Å². The molecule has 2 atom stereocenters. The van der Waals surface area contributed by atoms with Gasteiger partial charge in [-0.25, -0.2) is 0 Å². The van der Waals surface area contributed by atoms with Crippen molar-refractivity contribution in [2.24, 2.45) is 0 Å². The lowest BCUT2D eigenvalue weighted by atomic mass is 10.0. The SMILES string of the molecule is CCCCCC/C=C\C/C=C\CCCCCCCC(=O)OCCCCCCCCCCCCCCCCCCCCCCCCCCCCCCCCCCCC(=O)NC(CO)C(O)CCCCCCCCCCCCCC. The number of hydrogen-bond donors (Lipinski definition) is 3. The Morgan fingerprint density at radius 2 is 0.641 bits per heavy atom. The van der Waals surface area contributed by atoms with Crippen molar-refractivity contribution in [3.8, 4) is 0 Å². The molecule has 6 nitrogen and oxygen atoms in total. The predicted molar refractivity (Wildman–Crippen MR) is 343 cm³/mol. The van der Waals surface area contributed by atoms with E-state index in [1.807, 2.05) is 0 Å². The molecule has 0 aromatic carbocycles. The molecular weight excluding hydrogens is 959 g/mol. The summed E-state index contributed by atoms with van der Waals surface area (Å²) >= 11 is 0. The van der Waals surface area contributed by atoms with Gasteiger partial charge in [-0.05, 0) is 57.8 Å². The van der Waals surface area contributed by atoms with E-state index in [0.717, 1.165) is 51.4 Å². The van der Waals surface area contributed by atoms with Gasteiger partial charge in [0, 0.05) is 12.8 Å². The first-order valence-corrected chi connectivity index (χ1v) is 35.6. The second kappa shape index (κ2) is 67.8. The Hall–Kier alpha value is -1.66. The molecule has 3 N–H and O–H groups in total. The normalized spacial score (nSPS) is 12.6. The molecular formula is C72H139NO5. The fraction of sp³-hybridized carbons (Fsp3) is 0.917. The first-order chi connectivity index (χ1) is 38.5. The maximum Gasteiger partial charge on any atom is 0.305 e. The van der Waals surface area contributed by atoms with Crippen LogP contribution in [0.4, 0.5) is 0 Å². The highest BCUT2D eigenvalue weighted by Gasteiger charge is 2.20. The minimum absolute atomic E-state index is 0.00872. The molecule has 1 amide bonds. The molecule has 0 saturated heterocycles. The van der Waals surface area contributed by atoms with Crippen molar-refractivity contribution in [2.75, 3.05) is 13.2 Å². The van der Waals surface area contributed by atoms with E-state index < -0.39 is 12.1 Å². The second-order valence-corrected chi connectivity index (χ2v) is 24.6. The average molecular weight is 1100 g/mol. The minimum atomic E-state index is -0.659. The lowest BCUT2D eigenvalue weighted by Gasteiger charge is -2.22. The van der Waals surface area contributed by atoms with Crippen LogP contribution in [-0.4, -0.2) is 47.4 Å². The van der Waals surface area contributed by atoms with Gasteiger partial charge in [-0.1, -0.05) is 353 Å². The topological polar surface area (TPSA) is 95.9 Å². The van der Waals surface area contributed by atoms with Gasteiger partial charge in [0.1, 0.15) is 0 Å². The van der Waals surface area contributed by atoms with Crippen LogP contribution in [0, 0.1) is 0 Å². The Labute approximate surface area is 488 Å². The molecule has 0 rings (SSSR count). The number of ether oxygens (including phenoxy) is 1. The van der Waals surface area contributed by atoms with E-state index in [1.54, 1.807) is 0 Å². The fourth-order valence-corrected chi connectivity index (χ4v) is 11.3. The molecule has 6 heteroatoms. The standard InChI is InChI=1S/C72H139NO5/c1-3-5-7-9-11-13-15-17-18-39-42-46-50-54-58-62-66-72(77)78-67-63-59-55-51-47-43-40-37-35-33-31-29-27-25-23-21-19-20-22-24-26-28-30-32-34-36-38-41-45-49-53-57-61-65-71(76)73-69(68-74)70(75)64-60-56-52-48-44-16-14-12-10-8-6-4-2/h13,15,18,39,69-70,74-75H,3-12,14,16-17,19-38,40-68H2,1-2H3,(H,73,76)/b15-13-,39-18-. The lowest BCUT2D eigenvalue weighted by molar-refractivity contribution is -0.143. The van der Waals surface area contributed by atoms with E-state index >= 15 is 0 Å². The summed E-state index contributed by atoms with van der Waals surface area (Å²) < 4.78 is 5.49. The summed E-state index contributed by atoms with van der Waals surface area (Å²) in [7, 11) is 0. The number of unbranched alkanes of at least 4 members (excludes halogenated alkanes) is 52. The van der Waals surface area contributed by atoms with Gasteiger partial charge in [0.25, 0.3) is 0 Å². The molecule has 0 aromatic rings. The minimum Gasteiger partial charge on any atom is -0.466 e. The van der Waals surface area contributed by atoms with Crippen LogP contribution >= 0.6 is 0 Å². The Morgan fingerprint density at radius 1 is 0.359 bits per heavy atom. The van der Waals surface area contributed by atoms with E-state index in [-0.39, 0.29) is 18.5 Å². The number of rotatable bonds is 67. The Balaban J connectivity index is 3.30. The predicted octanol–water partition coefficient (Wildman–Crippen LogP) is 22.9. The Morgan fingerprint density at radius 3 is 0.987 bits per heavy atom. The van der Waals surface area contributed by atoms with E-state index in [2.05, 4.69) is 43.5 Å². The van der Waals surface area contributed by atoms with Gasteiger partial charge in [-0.3, -0.25) is 9.59 Å². The molecule has 462 valence electrons. The molecule has 0 bridgehead atoms. The van der Waals surface area contributed by atoms with Gasteiger partial charge in [-0.2, -0.15) is 0 Å². The van der Waals surface area contributed by atoms with Crippen molar-refractivity contribution >= 4 is 11.9 Å². The summed E-state index contributed by atoms with van der Waals surface area (Å²) in [6, 6.07) is -0.536. The van der Waals surface area contributed by atoms with Gasteiger partial charge >= 0.3 is 5.97 Å². The molecule has 78 heavy (non-hydrogen) atoms. The van der Waals surface area contributed by atoms with Crippen LogP contribution in [0.5, 0.6) is 0 Å². The summed E-state index contributed by atoms with van der Waals surface area (Å²) in [6.07, 6.45) is 85.3. The molecule has 0 aromatic heterocycles. The van der Waals surface area contributed by atoms with Crippen molar-refractivity contribution < 1.29 is 24.5 Å². The molecule has 0 fully saturated rings. The van der Waals surface area contributed by atoms with Crippen LogP contribution in [0.2, 0.25) is 0 Å². The summed E-state index contributed by atoms with van der Waals surface area (Å²) in [5.74, 6) is -0.0199. The van der Waals surface area contributed by atoms with Crippen LogP contribution in [0.3, 0.4) is 0 Å². The largest absolute Gasteiger partial charge is 0.466 e. The zero-order valence-corrected chi connectivity index (χ0v) is 52.9. The molecule has 0 aliphatic carbocycles. The van der Waals surface area contributed by atoms with Crippen molar-refractivity contribution in [2.45, 2.75) is 411 Å². The van der Waals surface area contributed by atoms with Crippen molar-refractivity contribution in [3.63, 3.8) is 0 Å². The van der Waals surface area contributed by atoms with Crippen LogP contribution in [0.25, 0.3) is 0 Å². The maximum absolute atomic E-state index is 12.5. The van der Waals surface area contributed by atoms with Crippen molar-refractivity contribution in [1.29, 1.82) is 0 Å². The zero-order valence-electron chi connectivity index (χ0n) is 52.9. The third-order valence-electron chi connectivity index (χ3n) is 16.8. The van der Waals surface area contributed by atoms with Crippen molar-refractivity contribution in [3.05, 3.63) is 24.3 Å². The van der Waals surface area contributed by atoms with Crippen LogP contribution in [0.15, 0.2) is 24.3 Å². The number of allylic oxidation sites excluding steroid dienone is 4. The maximum atomic E-state index is 12.5. The first-order valence-electron chi connectivity index (χ1n) is 35.6. The summed E-state index contributed by atoms with van der Waals surface area (Å²) in [5.41, 5.74) is 0. The van der Waals surface area contributed by atoms with E-state index in [1.165, 1.54) is 315 Å². The van der Waals surface area contributed by atoms with Gasteiger partial charge in [0.2, 0.25) is 5.91 Å². The zero-order chi connectivity index (χ0) is 56.4. The highest BCUT2D eigenvalue weighted by molar-refractivity contribution is 5.76. The number of aliphatic hydroxyl groups excluding tert-OH is 2. The van der Waals surface area contributed by atoms with E-state index in [9.17, 15) is 19.8 Å². The second-order valence-electron chi connectivity index (χ2n) is 24.6. The third-order valence-corrected chi connectivity index (χ3v) is 16.8. The van der Waals surface area contributed by atoms with E-state index in [4.69, 9.17) is 4.74 Å². The Kier molecular flexibility index (Phi) is 66.4. The number of nitrogens with one attached hydrogen (secondary N) is 1. The van der Waals surface area contributed by atoms with Gasteiger partial charge < -0.3 is 20.3 Å². The molecule has 0 radical (unpaired) electrons. The molecule has 0 aliphatic rings. The van der Waals surface area contributed by atoms with Crippen LogP contribution < -0.4 is 5.32 Å². The molecule has 0 spiro atoms. The van der Waals surface area contributed by atoms with Crippen LogP contribution in [0.1, 0.15) is 399 Å². The lowest BCUT2D eigenvalue weighted by Crippen LogP contribution is -2.45. The quantitative estimate of drug-likeness (QED) is 0.0320. The van der Waals surface area contributed by atoms with Gasteiger partial charge in [0.15, 0.2) is 0 Å². The third kappa shape index (κ3) is 63.5. The smallest absolute Gasteiger partial charge is 0.305 e. The number of hydrogen-bond acceptors (Lipinski definition) is 5.